The Morgan fingerprint density at radius 2 is 1.50 bits per heavy atom. The second kappa shape index (κ2) is 11.0. The summed E-state index contributed by atoms with van der Waals surface area (Å²) in [5, 5.41) is 0. The van der Waals surface area contributed by atoms with E-state index in [1.165, 1.54) is 76.2 Å². The van der Waals surface area contributed by atoms with Gasteiger partial charge in [0, 0.05) is 5.92 Å². The summed E-state index contributed by atoms with van der Waals surface area (Å²) >= 11 is 0. The number of rotatable bonds is 9. The SMILES string of the molecule is CC(C)CC(c1ccc(OC(OC2CC3CC2C2CCCC32)C(C)C2CCCCC2)cc1)C(C)(C)C. The molecule has 0 spiro atoms. The van der Waals surface area contributed by atoms with Crippen molar-refractivity contribution in [1.29, 1.82) is 0 Å². The number of fused-ring (bicyclic) bond motifs is 5. The van der Waals surface area contributed by atoms with Crippen LogP contribution in [-0.4, -0.2) is 12.4 Å². The molecule has 0 N–H and O–H groups in total. The Balaban J connectivity index is 1.31. The van der Waals surface area contributed by atoms with E-state index >= 15 is 0 Å². The van der Waals surface area contributed by atoms with Gasteiger partial charge in [-0.05, 0) is 109 Å². The molecule has 0 radical (unpaired) electrons. The van der Waals surface area contributed by atoms with E-state index in [4.69, 9.17) is 9.47 Å². The monoisotopic (exact) mass is 494 g/mol. The highest BCUT2D eigenvalue weighted by atomic mass is 16.7. The smallest absolute Gasteiger partial charge is 0.202 e. The molecule has 4 fully saturated rings. The highest BCUT2D eigenvalue weighted by molar-refractivity contribution is 5.30. The topological polar surface area (TPSA) is 18.5 Å². The summed E-state index contributed by atoms with van der Waals surface area (Å²) in [6.45, 7) is 14.2. The van der Waals surface area contributed by atoms with Gasteiger partial charge in [-0.3, -0.25) is 0 Å². The van der Waals surface area contributed by atoms with Crippen LogP contribution in [0.4, 0.5) is 0 Å². The standard InChI is InChI=1S/C34H54O2/c1-22(2)19-31(34(4,5)6)25-15-17-27(18-16-25)35-33(23(3)24-11-8-7-9-12-24)36-32-21-26-20-30(32)29-14-10-13-28(26)29/h15-18,22-24,26,28-33H,7-14,19-21H2,1-6H3. The molecule has 5 rings (SSSR count). The van der Waals surface area contributed by atoms with Crippen molar-refractivity contribution in [1.82, 2.24) is 0 Å². The van der Waals surface area contributed by atoms with Crippen LogP contribution in [0.15, 0.2) is 24.3 Å². The fourth-order valence-electron chi connectivity index (χ4n) is 8.85. The van der Waals surface area contributed by atoms with Crippen LogP contribution in [0.1, 0.15) is 124 Å². The molecule has 1 aromatic carbocycles. The maximum atomic E-state index is 7.03. The van der Waals surface area contributed by atoms with Crippen molar-refractivity contribution in [3.63, 3.8) is 0 Å². The Morgan fingerprint density at radius 1 is 0.806 bits per heavy atom. The lowest BCUT2D eigenvalue weighted by molar-refractivity contribution is -0.176. The number of hydrogen-bond acceptors (Lipinski definition) is 2. The molecule has 4 aliphatic rings. The first-order valence-corrected chi connectivity index (χ1v) is 15.6. The van der Waals surface area contributed by atoms with E-state index in [2.05, 4.69) is 65.8 Å². The highest BCUT2D eigenvalue weighted by Crippen LogP contribution is 2.59. The van der Waals surface area contributed by atoms with Gasteiger partial charge in [-0.25, -0.2) is 0 Å². The Bertz CT molecular complexity index is 830. The average molecular weight is 495 g/mol. The van der Waals surface area contributed by atoms with Gasteiger partial charge in [-0.15, -0.1) is 0 Å². The molecule has 4 saturated carbocycles. The van der Waals surface area contributed by atoms with E-state index in [1.54, 1.807) is 0 Å². The Hall–Kier alpha value is -1.02. The number of ether oxygens (including phenoxy) is 2. The second-order valence-electron chi connectivity index (χ2n) is 14.7. The normalized spacial score (nSPS) is 33.0. The molecule has 1 aromatic rings. The van der Waals surface area contributed by atoms with Gasteiger partial charge < -0.3 is 9.47 Å². The molecule has 36 heavy (non-hydrogen) atoms. The summed E-state index contributed by atoms with van der Waals surface area (Å²) in [6.07, 6.45) is 15.4. The Morgan fingerprint density at radius 3 is 2.17 bits per heavy atom. The van der Waals surface area contributed by atoms with Crippen molar-refractivity contribution in [2.75, 3.05) is 0 Å². The van der Waals surface area contributed by atoms with Crippen LogP contribution in [0.25, 0.3) is 0 Å². The molecular weight excluding hydrogens is 440 g/mol. The third kappa shape index (κ3) is 5.69. The van der Waals surface area contributed by atoms with Gasteiger partial charge in [-0.2, -0.15) is 0 Å². The van der Waals surface area contributed by atoms with Crippen LogP contribution < -0.4 is 4.74 Å². The van der Waals surface area contributed by atoms with E-state index in [0.29, 0.717) is 23.9 Å². The van der Waals surface area contributed by atoms with Gasteiger partial charge in [0.25, 0.3) is 0 Å². The van der Waals surface area contributed by atoms with Gasteiger partial charge in [0.2, 0.25) is 6.29 Å². The van der Waals surface area contributed by atoms with Gasteiger partial charge in [-0.1, -0.05) is 79.4 Å². The van der Waals surface area contributed by atoms with Crippen LogP contribution in [0.5, 0.6) is 5.75 Å². The highest BCUT2D eigenvalue weighted by Gasteiger charge is 2.55. The van der Waals surface area contributed by atoms with E-state index in [-0.39, 0.29) is 11.7 Å². The minimum absolute atomic E-state index is 0.114. The van der Waals surface area contributed by atoms with E-state index in [0.717, 1.165) is 35.3 Å². The van der Waals surface area contributed by atoms with Crippen molar-refractivity contribution < 1.29 is 9.47 Å². The minimum Gasteiger partial charge on any atom is -0.465 e. The Labute approximate surface area is 222 Å². The van der Waals surface area contributed by atoms with Crippen molar-refractivity contribution in [2.24, 2.45) is 46.8 Å². The van der Waals surface area contributed by atoms with Crippen LogP contribution in [0.2, 0.25) is 0 Å². The van der Waals surface area contributed by atoms with E-state index in [1.807, 2.05) is 0 Å². The van der Waals surface area contributed by atoms with Gasteiger partial charge in [0.1, 0.15) is 5.75 Å². The summed E-state index contributed by atoms with van der Waals surface area (Å²) in [7, 11) is 0. The fraction of sp³-hybridized carbons (Fsp3) is 0.824. The van der Waals surface area contributed by atoms with Crippen molar-refractivity contribution in [2.45, 2.75) is 130 Å². The zero-order valence-electron chi connectivity index (χ0n) is 24.2. The maximum Gasteiger partial charge on any atom is 0.202 e. The zero-order chi connectivity index (χ0) is 25.4. The first-order chi connectivity index (χ1) is 17.2. The van der Waals surface area contributed by atoms with Crippen LogP contribution in [0.3, 0.4) is 0 Å². The molecule has 0 aliphatic heterocycles. The van der Waals surface area contributed by atoms with Gasteiger partial charge >= 0.3 is 0 Å². The number of hydrogen-bond donors (Lipinski definition) is 0. The van der Waals surface area contributed by atoms with Crippen molar-refractivity contribution >= 4 is 0 Å². The average Bonchev–Trinajstić information content (AvgIpc) is 3.56. The first kappa shape index (κ1) is 26.6. The van der Waals surface area contributed by atoms with Crippen LogP contribution in [-0.2, 0) is 4.74 Å². The summed E-state index contributed by atoms with van der Waals surface area (Å²) < 4.78 is 13.8. The molecule has 0 saturated heterocycles. The zero-order valence-corrected chi connectivity index (χ0v) is 24.2. The molecule has 4 aliphatic carbocycles. The summed E-state index contributed by atoms with van der Waals surface area (Å²) in [5.41, 5.74) is 1.70. The summed E-state index contributed by atoms with van der Waals surface area (Å²) in [6, 6.07) is 9.12. The molecule has 8 atom stereocenters. The molecule has 0 amide bonds. The third-order valence-electron chi connectivity index (χ3n) is 10.8. The molecule has 2 heteroatoms. The first-order valence-electron chi connectivity index (χ1n) is 15.6. The van der Waals surface area contributed by atoms with E-state index in [9.17, 15) is 0 Å². The molecule has 202 valence electrons. The molecule has 0 aromatic heterocycles. The Kier molecular flexibility index (Phi) is 8.12. The minimum atomic E-state index is -0.114. The molecule has 0 heterocycles. The lowest BCUT2D eigenvalue weighted by Crippen LogP contribution is -2.40. The van der Waals surface area contributed by atoms with Crippen molar-refractivity contribution in [3.8, 4) is 5.75 Å². The third-order valence-corrected chi connectivity index (χ3v) is 10.8. The predicted molar refractivity (Wildman–Crippen MR) is 150 cm³/mol. The maximum absolute atomic E-state index is 7.03. The largest absolute Gasteiger partial charge is 0.465 e. The van der Waals surface area contributed by atoms with Crippen molar-refractivity contribution in [3.05, 3.63) is 29.8 Å². The van der Waals surface area contributed by atoms with Crippen LogP contribution in [0, 0.1) is 46.8 Å². The molecule has 2 nitrogen and oxygen atoms in total. The van der Waals surface area contributed by atoms with Gasteiger partial charge in [0.15, 0.2) is 0 Å². The van der Waals surface area contributed by atoms with Gasteiger partial charge in [0.05, 0.1) is 6.10 Å². The second-order valence-corrected chi connectivity index (χ2v) is 14.7. The summed E-state index contributed by atoms with van der Waals surface area (Å²) in [4.78, 5) is 0. The number of benzene rings is 1. The molecule has 2 bridgehead atoms. The molecule has 8 unspecified atom stereocenters. The lowest BCUT2D eigenvalue weighted by atomic mass is 9.72. The quantitative estimate of drug-likeness (QED) is 0.318. The summed E-state index contributed by atoms with van der Waals surface area (Å²) in [5.74, 6) is 7.10. The predicted octanol–water partition coefficient (Wildman–Crippen LogP) is 9.62. The lowest BCUT2D eigenvalue weighted by Gasteiger charge is -2.38. The van der Waals surface area contributed by atoms with E-state index < -0.39 is 0 Å². The van der Waals surface area contributed by atoms with Crippen LogP contribution >= 0.6 is 0 Å². The molecular formula is C34H54O2. The fourth-order valence-corrected chi connectivity index (χ4v) is 8.85.